The monoisotopic (exact) mass is 372 g/mol. The predicted octanol–water partition coefficient (Wildman–Crippen LogP) is 3.14. The van der Waals surface area contributed by atoms with Crippen LogP contribution >= 0.6 is 11.3 Å². The van der Waals surface area contributed by atoms with E-state index in [9.17, 15) is 4.79 Å². The molecule has 1 aliphatic heterocycles. The summed E-state index contributed by atoms with van der Waals surface area (Å²) in [5.41, 5.74) is 0.289. The van der Waals surface area contributed by atoms with Crippen molar-refractivity contribution < 1.29 is 4.79 Å². The highest BCUT2D eigenvalue weighted by atomic mass is 32.1. The number of thiophene rings is 1. The van der Waals surface area contributed by atoms with Crippen LogP contribution in [0.25, 0.3) is 0 Å². The number of hydrogen-bond acceptors (Lipinski definition) is 4. The topological polar surface area (TPSA) is 50.2 Å². The summed E-state index contributed by atoms with van der Waals surface area (Å²) in [6.07, 6.45) is 8.40. The Bertz CT molecular complexity index is 704. The number of rotatable bonds is 7. The van der Waals surface area contributed by atoms with Crippen LogP contribution < -0.4 is 5.32 Å². The Morgan fingerprint density at radius 3 is 2.96 bits per heavy atom. The smallest absolute Gasteiger partial charge is 0.223 e. The van der Waals surface area contributed by atoms with E-state index in [1.807, 2.05) is 29.2 Å². The molecular formula is C20H28N4OS. The van der Waals surface area contributed by atoms with E-state index in [1.54, 1.807) is 11.3 Å². The van der Waals surface area contributed by atoms with E-state index >= 15 is 0 Å². The summed E-state index contributed by atoms with van der Waals surface area (Å²) in [7, 11) is 0. The van der Waals surface area contributed by atoms with Crippen LogP contribution in [0.4, 0.5) is 0 Å². The quantitative estimate of drug-likeness (QED) is 0.812. The Labute approximate surface area is 159 Å². The first-order valence-corrected chi connectivity index (χ1v) is 10.6. The van der Waals surface area contributed by atoms with Gasteiger partial charge in [0.05, 0.1) is 6.54 Å². The zero-order valence-electron chi connectivity index (χ0n) is 15.4. The van der Waals surface area contributed by atoms with Gasteiger partial charge in [0.1, 0.15) is 0 Å². The van der Waals surface area contributed by atoms with E-state index in [0.29, 0.717) is 12.6 Å². The van der Waals surface area contributed by atoms with Crippen molar-refractivity contribution in [3.8, 4) is 0 Å². The van der Waals surface area contributed by atoms with E-state index in [2.05, 4.69) is 33.7 Å². The minimum absolute atomic E-state index is 0.240. The second-order valence-electron chi connectivity index (χ2n) is 7.86. The minimum Gasteiger partial charge on any atom is -0.351 e. The maximum absolute atomic E-state index is 12.5. The molecule has 1 saturated carbocycles. The van der Waals surface area contributed by atoms with Gasteiger partial charge < -0.3 is 10.2 Å². The number of likely N-dealkylation sites (tertiary alicyclic amines) is 1. The van der Waals surface area contributed by atoms with Crippen LogP contribution in [-0.2, 0) is 17.9 Å². The third kappa shape index (κ3) is 3.86. The largest absolute Gasteiger partial charge is 0.351 e. The summed E-state index contributed by atoms with van der Waals surface area (Å²) < 4.78 is 2.01. The van der Waals surface area contributed by atoms with Crippen molar-refractivity contribution in [2.45, 2.75) is 51.7 Å². The standard InChI is InChI=1S/C20H28N4OS/c1-16(5-10-24-9-3-8-22-24)23-11-6-20(7-12-23)14-18(20)19(25)21-15-17-4-2-13-26-17/h2-4,8-9,13,16,18H,5-7,10-12,14-15H2,1H3,(H,21,25). The molecule has 1 saturated heterocycles. The fourth-order valence-electron chi connectivity index (χ4n) is 4.33. The van der Waals surface area contributed by atoms with Crippen molar-refractivity contribution >= 4 is 17.2 Å². The van der Waals surface area contributed by atoms with E-state index in [1.165, 1.54) is 4.88 Å². The van der Waals surface area contributed by atoms with Gasteiger partial charge in [0.25, 0.3) is 0 Å². The lowest BCUT2D eigenvalue weighted by Gasteiger charge is -2.36. The van der Waals surface area contributed by atoms with Gasteiger partial charge in [-0.05, 0) is 68.6 Å². The number of piperidine rings is 1. The van der Waals surface area contributed by atoms with E-state index < -0.39 is 0 Å². The summed E-state index contributed by atoms with van der Waals surface area (Å²) >= 11 is 1.70. The first-order chi connectivity index (χ1) is 12.7. The fraction of sp³-hybridized carbons (Fsp3) is 0.600. The zero-order valence-corrected chi connectivity index (χ0v) is 16.3. The molecule has 5 nitrogen and oxygen atoms in total. The molecule has 140 valence electrons. The van der Waals surface area contributed by atoms with Gasteiger partial charge in [-0.25, -0.2) is 0 Å². The molecule has 2 aliphatic rings. The first kappa shape index (κ1) is 17.7. The van der Waals surface area contributed by atoms with E-state index in [0.717, 1.165) is 45.3 Å². The Hall–Kier alpha value is -1.66. The number of nitrogens with zero attached hydrogens (tertiary/aromatic N) is 3. The molecular weight excluding hydrogens is 344 g/mol. The third-order valence-corrected chi connectivity index (χ3v) is 7.15. The predicted molar refractivity (Wildman–Crippen MR) is 104 cm³/mol. The van der Waals surface area contributed by atoms with Gasteiger partial charge in [-0.2, -0.15) is 5.10 Å². The van der Waals surface area contributed by atoms with Gasteiger partial charge in [0.2, 0.25) is 5.91 Å². The van der Waals surface area contributed by atoms with Gasteiger partial charge >= 0.3 is 0 Å². The summed E-state index contributed by atoms with van der Waals surface area (Å²) in [5.74, 6) is 0.502. The molecule has 0 aromatic carbocycles. The molecule has 2 atom stereocenters. The maximum Gasteiger partial charge on any atom is 0.223 e. The number of carbonyl (C=O) groups is 1. The Morgan fingerprint density at radius 2 is 2.27 bits per heavy atom. The number of carbonyl (C=O) groups excluding carboxylic acids is 1. The fourth-order valence-corrected chi connectivity index (χ4v) is 4.97. The van der Waals surface area contributed by atoms with E-state index in [4.69, 9.17) is 0 Å². The molecule has 6 heteroatoms. The average molecular weight is 373 g/mol. The van der Waals surface area contributed by atoms with E-state index in [-0.39, 0.29) is 17.2 Å². The highest BCUT2D eigenvalue weighted by Crippen LogP contribution is 2.59. The lowest BCUT2D eigenvalue weighted by Crippen LogP contribution is -2.42. The highest BCUT2D eigenvalue weighted by Gasteiger charge is 2.58. The molecule has 2 fully saturated rings. The van der Waals surface area contributed by atoms with Crippen molar-refractivity contribution in [3.63, 3.8) is 0 Å². The normalized spacial score (nSPS) is 23.0. The molecule has 0 bridgehead atoms. The van der Waals surface area contributed by atoms with Crippen molar-refractivity contribution in [2.75, 3.05) is 13.1 Å². The molecule has 2 aromatic rings. The number of aromatic nitrogens is 2. The van der Waals surface area contributed by atoms with Gasteiger partial charge in [0.15, 0.2) is 0 Å². The lowest BCUT2D eigenvalue weighted by atomic mass is 9.89. The summed E-state index contributed by atoms with van der Waals surface area (Å²) in [5, 5.41) is 9.48. The molecule has 2 aromatic heterocycles. The number of amides is 1. The lowest BCUT2D eigenvalue weighted by molar-refractivity contribution is -0.123. The highest BCUT2D eigenvalue weighted by molar-refractivity contribution is 7.09. The Balaban J connectivity index is 1.20. The van der Waals surface area contributed by atoms with Crippen LogP contribution in [0.1, 0.15) is 37.5 Å². The second kappa shape index (κ2) is 7.53. The molecule has 3 heterocycles. The van der Waals surface area contributed by atoms with Crippen molar-refractivity contribution in [3.05, 3.63) is 40.8 Å². The maximum atomic E-state index is 12.5. The first-order valence-electron chi connectivity index (χ1n) is 9.68. The van der Waals surface area contributed by atoms with Crippen LogP contribution in [-0.4, -0.2) is 39.7 Å². The average Bonchev–Trinajstić information content (AvgIpc) is 3.08. The number of nitrogens with one attached hydrogen (secondary N) is 1. The summed E-state index contributed by atoms with van der Waals surface area (Å²) in [4.78, 5) is 16.3. The number of hydrogen-bond donors (Lipinski definition) is 1. The SMILES string of the molecule is CC(CCn1cccn1)N1CCC2(CC1)CC2C(=O)NCc1cccs1. The minimum atomic E-state index is 0.240. The van der Waals surface area contributed by atoms with Gasteiger partial charge in [-0.1, -0.05) is 6.07 Å². The van der Waals surface area contributed by atoms with Gasteiger partial charge in [-0.15, -0.1) is 11.3 Å². The van der Waals surface area contributed by atoms with Crippen LogP contribution in [0.5, 0.6) is 0 Å². The van der Waals surface area contributed by atoms with Crippen molar-refractivity contribution in [2.24, 2.45) is 11.3 Å². The molecule has 1 amide bonds. The second-order valence-corrected chi connectivity index (χ2v) is 8.89. The van der Waals surface area contributed by atoms with Crippen LogP contribution in [0.2, 0.25) is 0 Å². The molecule has 2 unspecified atom stereocenters. The van der Waals surface area contributed by atoms with Crippen molar-refractivity contribution in [1.29, 1.82) is 0 Å². The molecule has 4 rings (SSSR count). The summed E-state index contributed by atoms with van der Waals surface area (Å²) in [6, 6.07) is 6.66. The van der Waals surface area contributed by atoms with Crippen LogP contribution in [0, 0.1) is 11.3 Å². The third-order valence-electron chi connectivity index (χ3n) is 6.28. The Kier molecular flexibility index (Phi) is 5.14. The molecule has 26 heavy (non-hydrogen) atoms. The van der Waals surface area contributed by atoms with Gasteiger partial charge in [0, 0.05) is 35.8 Å². The summed E-state index contributed by atoms with van der Waals surface area (Å²) in [6.45, 7) is 6.22. The molecule has 1 N–H and O–H groups in total. The molecule has 1 aliphatic carbocycles. The van der Waals surface area contributed by atoms with Crippen LogP contribution in [0.15, 0.2) is 36.0 Å². The number of aryl methyl sites for hydroxylation is 1. The van der Waals surface area contributed by atoms with Gasteiger partial charge in [-0.3, -0.25) is 9.48 Å². The zero-order chi connectivity index (χ0) is 18.0. The Morgan fingerprint density at radius 1 is 1.42 bits per heavy atom. The van der Waals surface area contributed by atoms with Crippen molar-refractivity contribution in [1.82, 2.24) is 20.0 Å². The van der Waals surface area contributed by atoms with Crippen LogP contribution in [0.3, 0.4) is 0 Å². The molecule has 1 spiro atoms. The molecule has 0 radical (unpaired) electrons.